The summed E-state index contributed by atoms with van der Waals surface area (Å²) in [4.78, 5) is 26.8. The van der Waals surface area contributed by atoms with Crippen molar-refractivity contribution in [2.24, 2.45) is 11.7 Å². The van der Waals surface area contributed by atoms with E-state index in [2.05, 4.69) is 25.2 Å². The summed E-state index contributed by atoms with van der Waals surface area (Å²) in [5.41, 5.74) is 6.98. The summed E-state index contributed by atoms with van der Waals surface area (Å²) in [6.45, 7) is 10.7. The normalized spacial score (nSPS) is 26.6. The predicted octanol–water partition coefficient (Wildman–Crippen LogP) is 5.52. The van der Waals surface area contributed by atoms with Crippen LogP contribution in [0.1, 0.15) is 94.3 Å². The molecule has 3 aliphatic rings. The third kappa shape index (κ3) is 5.61. The molecule has 9 nitrogen and oxygen atoms in total. The second-order valence-electron chi connectivity index (χ2n) is 13.7. The molecule has 236 valence electrons. The van der Waals surface area contributed by atoms with E-state index >= 15 is 0 Å². The van der Waals surface area contributed by atoms with Gasteiger partial charge in [0.2, 0.25) is 0 Å². The SMILES string of the molecule is Cc1cc(=O)c2c(O)c3c(cc2o1)OC(C)(C)[C@@H]1OC(=O)[C@@]2(CCCC[C@H]31)O[C@@H]2Cc1cccc([C@@H](N)NCCC(C)C)c1. The molecule has 0 radical (unpaired) electrons. The number of hydrogen-bond acceptors (Lipinski definition) is 9. The van der Waals surface area contributed by atoms with Gasteiger partial charge in [0.25, 0.3) is 0 Å². The standard InChI is InChI=1S/C35H44N2O7/c1-19(2)12-14-37-32(36)22-10-8-9-21(16-22)17-27-35(44-27)13-7-6-11-23-28-26(43-34(4,5)31(23)42-33(35)40)18-25-29(30(28)39)24(38)15-20(3)41-25/h8-10,15-16,18-19,23,27,31-32,37,39H,6-7,11-14,17,36H2,1-5H3/t23-,27-,31-,32+,35+/m1/s1. The van der Waals surface area contributed by atoms with Gasteiger partial charge in [-0.2, -0.15) is 0 Å². The van der Waals surface area contributed by atoms with E-state index in [4.69, 9.17) is 24.4 Å². The molecule has 4 N–H and O–H groups in total. The maximum absolute atomic E-state index is 13.9. The molecule has 0 amide bonds. The average Bonchev–Trinajstić information content (AvgIpc) is 3.62. The molecule has 44 heavy (non-hydrogen) atoms. The lowest BCUT2D eigenvalue weighted by Gasteiger charge is -2.44. The Labute approximate surface area is 258 Å². The minimum atomic E-state index is -1.02. The molecule has 0 bridgehead atoms. The van der Waals surface area contributed by atoms with Gasteiger partial charge >= 0.3 is 5.97 Å². The number of benzene rings is 2. The Balaban J connectivity index is 1.23. The number of aryl methyl sites for hydroxylation is 1. The Morgan fingerprint density at radius 2 is 1.93 bits per heavy atom. The summed E-state index contributed by atoms with van der Waals surface area (Å²) < 4.78 is 24.6. The van der Waals surface area contributed by atoms with E-state index in [-0.39, 0.29) is 40.3 Å². The molecule has 1 spiro atoms. The van der Waals surface area contributed by atoms with Gasteiger partial charge in [-0.05, 0) is 70.0 Å². The van der Waals surface area contributed by atoms with E-state index < -0.39 is 23.3 Å². The fraction of sp³-hybridized carbons (Fsp3) is 0.543. The van der Waals surface area contributed by atoms with Crippen LogP contribution in [0.5, 0.6) is 11.5 Å². The second-order valence-corrected chi connectivity index (χ2v) is 13.7. The molecule has 1 aromatic heterocycles. The molecule has 9 heteroatoms. The number of hydrogen-bond donors (Lipinski definition) is 3. The van der Waals surface area contributed by atoms with Crippen molar-refractivity contribution < 1.29 is 28.5 Å². The van der Waals surface area contributed by atoms with E-state index in [1.165, 1.54) is 6.07 Å². The third-order valence-corrected chi connectivity index (χ3v) is 9.44. The molecule has 0 aliphatic carbocycles. The Morgan fingerprint density at radius 1 is 1.14 bits per heavy atom. The number of carbonyl (C=O) groups is 1. The Kier molecular flexibility index (Phi) is 8.01. The van der Waals surface area contributed by atoms with E-state index in [9.17, 15) is 14.7 Å². The lowest BCUT2D eigenvalue weighted by atomic mass is 9.77. The zero-order valence-electron chi connectivity index (χ0n) is 26.3. The van der Waals surface area contributed by atoms with Crippen molar-refractivity contribution in [2.45, 2.75) is 109 Å². The molecule has 3 aromatic rings. The molecule has 2 fully saturated rings. The Bertz CT molecular complexity index is 1630. The van der Waals surface area contributed by atoms with Gasteiger partial charge in [-0.3, -0.25) is 10.1 Å². The number of ether oxygens (including phenoxy) is 3. The number of nitrogens with two attached hydrogens (primary N) is 1. The van der Waals surface area contributed by atoms with Gasteiger partial charge in [0.1, 0.15) is 46.0 Å². The maximum atomic E-state index is 13.9. The smallest absolute Gasteiger partial charge is 0.341 e. The van der Waals surface area contributed by atoms with Crippen LogP contribution in [0.15, 0.2) is 45.6 Å². The van der Waals surface area contributed by atoms with Crippen LogP contribution < -0.4 is 21.2 Å². The minimum absolute atomic E-state index is 0.113. The number of phenolic OH excluding ortho intramolecular Hbond substituents is 1. The predicted molar refractivity (Wildman–Crippen MR) is 167 cm³/mol. The zero-order chi connectivity index (χ0) is 31.4. The van der Waals surface area contributed by atoms with Crippen LogP contribution in [-0.2, 0) is 20.7 Å². The first-order chi connectivity index (χ1) is 20.9. The van der Waals surface area contributed by atoms with Crippen molar-refractivity contribution in [2.75, 3.05) is 6.54 Å². The van der Waals surface area contributed by atoms with Gasteiger partial charge in [-0.25, -0.2) is 4.79 Å². The zero-order valence-corrected chi connectivity index (χ0v) is 26.3. The lowest BCUT2D eigenvalue weighted by molar-refractivity contribution is -0.170. The van der Waals surface area contributed by atoms with E-state index in [0.717, 1.165) is 36.9 Å². The summed E-state index contributed by atoms with van der Waals surface area (Å²) in [6, 6.07) is 11.2. The highest BCUT2D eigenvalue weighted by Gasteiger charge is 2.64. The summed E-state index contributed by atoms with van der Waals surface area (Å²) in [7, 11) is 0. The molecule has 5 atom stereocenters. The highest BCUT2D eigenvalue weighted by atomic mass is 16.7. The highest BCUT2D eigenvalue weighted by molar-refractivity contribution is 5.88. The molecular weight excluding hydrogens is 560 g/mol. The molecule has 3 aliphatic heterocycles. The summed E-state index contributed by atoms with van der Waals surface area (Å²) in [6.07, 6.45) is 3.09. The van der Waals surface area contributed by atoms with Gasteiger partial charge in [-0.15, -0.1) is 0 Å². The van der Waals surface area contributed by atoms with E-state index in [1.54, 1.807) is 13.0 Å². The molecule has 2 saturated heterocycles. The van der Waals surface area contributed by atoms with Gasteiger partial charge in [0.15, 0.2) is 11.0 Å². The number of aromatic hydroxyl groups is 1. The van der Waals surface area contributed by atoms with Crippen molar-refractivity contribution >= 4 is 16.9 Å². The molecule has 0 unspecified atom stereocenters. The maximum Gasteiger partial charge on any atom is 0.341 e. The van der Waals surface area contributed by atoms with Crippen LogP contribution in [0.3, 0.4) is 0 Å². The van der Waals surface area contributed by atoms with E-state index in [1.807, 2.05) is 32.0 Å². The average molecular weight is 605 g/mol. The fourth-order valence-electron chi connectivity index (χ4n) is 7.02. The number of carbonyl (C=O) groups excluding carboxylic acids is 1. The molecule has 0 saturated carbocycles. The first-order valence-electron chi connectivity index (χ1n) is 15.9. The number of phenols is 1. The van der Waals surface area contributed by atoms with Gasteiger partial charge in [-0.1, -0.05) is 44.5 Å². The van der Waals surface area contributed by atoms with Gasteiger partial charge in [0.05, 0.1) is 6.17 Å². The summed E-state index contributed by atoms with van der Waals surface area (Å²) in [5, 5.41) is 14.9. The minimum Gasteiger partial charge on any atom is -0.507 e. The van der Waals surface area contributed by atoms with Crippen molar-refractivity contribution in [1.29, 1.82) is 0 Å². The summed E-state index contributed by atoms with van der Waals surface area (Å²) >= 11 is 0. The van der Waals surface area contributed by atoms with Crippen LogP contribution in [0.25, 0.3) is 11.0 Å². The molecule has 4 heterocycles. The van der Waals surface area contributed by atoms with Gasteiger partial charge < -0.3 is 29.5 Å². The van der Waals surface area contributed by atoms with E-state index in [0.29, 0.717) is 42.3 Å². The van der Waals surface area contributed by atoms with Crippen LogP contribution in [0.2, 0.25) is 0 Å². The number of esters is 1. The first-order valence-corrected chi connectivity index (χ1v) is 15.9. The number of nitrogens with one attached hydrogen (secondary N) is 1. The Morgan fingerprint density at radius 3 is 2.70 bits per heavy atom. The third-order valence-electron chi connectivity index (χ3n) is 9.44. The van der Waals surface area contributed by atoms with Crippen molar-refractivity contribution in [3.63, 3.8) is 0 Å². The van der Waals surface area contributed by atoms with Crippen LogP contribution in [-0.4, -0.2) is 41.0 Å². The molecule has 6 rings (SSSR count). The fourth-order valence-corrected chi connectivity index (χ4v) is 7.02. The monoisotopic (exact) mass is 604 g/mol. The van der Waals surface area contributed by atoms with Crippen LogP contribution in [0.4, 0.5) is 0 Å². The molecule has 2 aromatic carbocycles. The lowest BCUT2D eigenvalue weighted by Crippen LogP contribution is -2.52. The van der Waals surface area contributed by atoms with Gasteiger partial charge in [0, 0.05) is 30.0 Å². The Hall–Kier alpha value is -3.40. The number of fused-ring (bicyclic) bond motifs is 4. The number of rotatable bonds is 7. The van der Waals surface area contributed by atoms with Crippen molar-refractivity contribution in [3.8, 4) is 11.5 Å². The van der Waals surface area contributed by atoms with Crippen molar-refractivity contribution in [3.05, 3.63) is 69.1 Å². The van der Waals surface area contributed by atoms with Crippen LogP contribution in [0, 0.1) is 12.8 Å². The first kappa shape index (κ1) is 30.6. The summed E-state index contributed by atoms with van der Waals surface area (Å²) in [5.74, 6) is 0.554. The second kappa shape index (κ2) is 11.5. The van der Waals surface area contributed by atoms with Crippen molar-refractivity contribution in [1.82, 2.24) is 5.32 Å². The number of epoxide rings is 1. The molecular formula is C35H44N2O7. The highest BCUT2D eigenvalue weighted by Crippen LogP contribution is 2.53. The quantitative estimate of drug-likeness (QED) is 0.181. The topological polar surface area (TPSA) is 137 Å². The van der Waals surface area contributed by atoms with Crippen LogP contribution >= 0.6 is 0 Å². The largest absolute Gasteiger partial charge is 0.507 e.